The van der Waals surface area contributed by atoms with Crippen molar-refractivity contribution in [1.29, 1.82) is 0 Å². The van der Waals surface area contributed by atoms with Gasteiger partial charge in [0.05, 0.1) is 0 Å². The van der Waals surface area contributed by atoms with Crippen LogP contribution in [0, 0.1) is 5.92 Å². The van der Waals surface area contributed by atoms with Crippen molar-refractivity contribution < 1.29 is 9.59 Å². The summed E-state index contributed by atoms with van der Waals surface area (Å²) in [6.07, 6.45) is 1.33. The maximum atomic E-state index is 11.9. The number of hydrogen-bond donors (Lipinski definition) is 0. The van der Waals surface area contributed by atoms with Crippen molar-refractivity contribution in [3.63, 3.8) is 0 Å². The number of likely N-dealkylation sites (tertiary alicyclic amines) is 1. The fourth-order valence-corrected chi connectivity index (χ4v) is 3.30. The Bertz CT molecular complexity index is 506. The third kappa shape index (κ3) is 4.25. The molecule has 20 heavy (non-hydrogen) atoms. The Kier molecular flexibility index (Phi) is 5.49. The van der Waals surface area contributed by atoms with E-state index in [0.29, 0.717) is 18.9 Å². The lowest BCUT2D eigenvalue weighted by molar-refractivity contribution is -0.127. The lowest BCUT2D eigenvalue weighted by Crippen LogP contribution is -2.27. The van der Waals surface area contributed by atoms with Crippen LogP contribution in [0.2, 0.25) is 5.02 Å². The second-order valence-electron chi connectivity index (χ2n) is 5.05. The molecule has 1 aromatic rings. The Morgan fingerprint density at radius 3 is 2.90 bits per heavy atom. The van der Waals surface area contributed by atoms with Crippen molar-refractivity contribution in [2.45, 2.75) is 19.8 Å². The first kappa shape index (κ1) is 15.4. The van der Waals surface area contributed by atoms with Gasteiger partial charge in [0.2, 0.25) is 5.91 Å². The molecular formula is C15H18ClNO2S. The number of amides is 1. The molecule has 1 atom stereocenters. The van der Waals surface area contributed by atoms with E-state index in [1.807, 2.05) is 29.2 Å². The molecule has 1 fully saturated rings. The Morgan fingerprint density at radius 1 is 1.45 bits per heavy atom. The number of carbonyl (C=O) groups is 2. The van der Waals surface area contributed by atoms with Crippen LogP contribution in [-0.2, 0) is 16.0 Å². The third-order valence-corrected chi connectivity index (χ3v) is 4.84. The van der Waals surface area contributed by atoms with Crippen molar-refractivity contribution in [1.82, 2.24) is 4.90 Å². The monoisotopic (exact) mass is 311 g/mol. The van der Waals surface area contributed by atoms with E-state index >= 15 is 0 Å². The summed E-state index contributed by atoms with van der Waals surface area (Å²) in [6.45, 7) is 3.02. The van der Waals surface area contributed by atoms with Crippen molar-refractivity contribution in [3.05, 3.63) is 34.9 Å². The van der Waals surface area contributed by atoms with Gasteiger partial charge in [-0.05, 0) is 24.0 Å². The van der Waals surface area contributed by atoms with Gasteiger partial charge in [-0.3, -0.25) is 9.59 Å². The van der Waals surface area contributed by atoms with Crippen LogP contribution in [0.15, 0.2) is 24.3 Å². The van der Waals surface area contributed by atoms with Crippen molar-refractivity contribution in [2.75, 3.05) is 18.8 Å². The zero-order valence-electron chi connectivity index (χ0n) is 11.5. The molecule has 0 N–H and O–H groups in total. The van der Waals surface area contributed by atoms with E-state index in [2.05, 4.69) is 0 Å². The molecule has 0 aromatic heterocycles. The molecule has 2 rings (SSSR count). The SMILES string of the molecule is CC(=O)SCC1CC(=O)N(CCc2ccccc2Cl)C1. The van der Waals surface area contributed by atoms with E-state index in [9.17, 15) is 9.59 Å². The molecule has 1 amide bonds. The number of nitrogens with zero attached hydrogens (tertiary/aromatic N) is 1. The summed E-state index contributed by atoms with van der Waals surface area (Å²) in [4.78, 5) is 24.8. The highest BCUT2D eigenvalue weighted by Gasteiger charge is 2.29. The summed E-state index contributed by atoms with van der Waals surface area (Å²) in [5.41, 5.74) is 1.07. The molecule has 1 aliphatic heterocycles. The van der Waals surface area contributed by atoms with Crippen LogP contribution in [0.25, 0.3) is 0 Å². The van der Waals surface area contributed by atoms with E-state index < -0.39 is 0 Å². The first-order chi connectivity index (χ1) is 9.56. The zero-order valence-corrected chi connectivity index (χ0v) is 13.0. The maximum absolute atomic E-state index is 11.9. The minimum absolute atomic E-state index is 0.118. The highest BCUT2D eigenvalue weighted by molar-refractivity contribution is 8.13. The van der Waals surface area contributed by atoms with E-state index in [1.54, 1.807) is 6.92 Å². The number of benzene rings is 1. The second-order valence-corrected chi connectivity index (χ2v) is 6.66. The molecule has 0 saturated carbocycles. The van der Waals surface area contributed by atoms with Crippen LogP contribution in [-0.4, -0.2) is 34.8 Å². The second kappa shape index (κ2) is 7.14. The summed E-state index contributed by atoms with van der Waals surface area (Å²) < 4.78 is 0. The summed E-state index contributed by atoms with van der Waals surface area (Å²) >= 11 is 7.43. The summed E-state index contributed by atoms with van der Waals surface area (Å²) in [7, 11) is 0. The topological polar surface area (TPSA) is 37.4 Å². The fourth-order valence-electron chi connectivity index (χ4n) is 2.37. The number of hydrogen-bond acceptors (Lipinski definition) is 3. The predicted octanol–water partition coefficient (Wildman–Crippen LogP) is 3.01. The molecule has 1 aliphatic rings. The Morgan fingerprint density at radius 2 is 2.20 bits per heavy atom. The third-order valence-electron chi connectivity index (χ3n) is 3.43. The summed E-state index contributed by atoms with van der Waals surface area (Å²) in [6, 6.07) is 7.72. The van der Waals surface area contributed by atoms with Gasteiger partial charge in [0.25, 0.3) is 0 Å². The molecule has 0 bridgehead atoms. The van der Waals surface area contributed by atoms with Gasteiger partial charge in [0, 0.05) is 37.2 Å². The highest BCUT2D eigenvalue weighted by atomic mass is 35.5. The quantitative estimate of drug-likeness (QED) is 0.839. The van der Waals surface area contributed by atoms with Gasteiger partial charge >= 0.3 is 0 Å². The molecule has 1 unspecified atom stereocenters. The van der Waals surface area contributed by atoms with Crippen molar-refractivity contribution in [2.24, 2.45) is 5.92 Å². The molecule has 0 aliphatic carbocycles. The molecule has 0 spiro atoms. The number of carbonyl (C=O) groups excluding carboxylic acids is 2. The van der Waals surface area contributed by atoms with Gasteiger partial charge < -0.3 is 4.90 Å². The first-order valence-corrected chi connectivity index (χ1v) is 8.07. The van der Waals surface area contributed by atoms with Crippen molar-refractivity contribution >= 4 is 34.4 Å². The molecule has 3 nitrogen and oxygen atoms in total. The molecule has 1 aromatic carbocycles. The molecule has 5 heteroatoms. The fraction of sp³-hybridized carbons (Fsp3) is 0.467. The van der Waals surface area contributed by atoms with Gasteiger partial charge in [-0.2, -0.15) is 0 Å². The summed E-state index contributed by atoms with van der Waals surface area (Å²) in [5, 5.41) is 0.870. The molecule has 1 saturated heterocycles. The Labute approximate surface area is 128 Å². The molecule has 1 heterocycles. The Balaban J connectivity index is 1.83. The van der Waals surface area contributed by atoms with Gasteiger partial charge in [0.1, 0.15) is 0 Å². The van der Waals surface area contributed by atoms with Crippen LogP contribution in [0.4, 0.5) is 0 Å². The first-order valence-electron chi connectivity index (χ1n) is 6.71. The lowest BCUT2D eigenvalue weighted by Gasteiger charge is -2.16. The standard InChI is InChI=1S/C15H18ClNO2S/c1-11(18)20-10-12-8-15(19)17(9-12)7-6-13-4-2-3-5-14(13)16/h2-5,12H,6-10H2,1H3. The number of rotatable bonds is 5. The minimum atomic E-state index is 0.118. The molecule has 0 radical (unpaired) electrons. The average Bonchev–Trinajstić information content (AvgIpc) is 2.76. The van der Waals surface area contributed by atoms with Gasteiger partial charge in [-0.1, -0.05) is 41.6 Å². The minimum Gasteiger partial charge on any atom is -0.342 e. The van der Waals surface area contributed by atoms with Gasteiger partial charge in [0.15, 0.2) is 5.12 Å². The smallest absolute Gasteiger partial charge is 0.222 e. The van der Waals surface area contributed by atoms with Crippen LogP contribution in [0.3, 0.4) is 0 Å². The van der Waals surface area contributed by atoms with E-state index in [1.165, 1.54) is 11.8 Å². The zero-order chi connectivity index (χ0) is 14.5. The van der Waals surface area contributed by atoms with E-state index in [4.69, 9.17) is 11.6 Å². The lowest BCUT2D eigenvalue weighted by atomic mass is 10.1. The van der Waals surface area contributed by atoms with Gasteiger partial charge in [-0.15, -0.1) is 0 Å². The van der Waals surface area contributed by atoms with E-state index in [0.717, 1.165) is 29.3 Å². The number of thioether (sulfide) groups is 1. The number of halogens is 1. The highest BCUT2D eigenvalue weighted by Crippen LogP contribution is 2.23. The van der Waals surface area contributed by atoms with Crippen LogP contribution in [0.1, 0.15) is 18.9 Å². The largest absolute Gasteiger partial charge is 0.342 e. The van der Waals surface area contributed by atoms with Crippen LogP contribution in [0.5, 0.6) is 0 Å². The summed E-state index contributed by atoms with van der Waals surface area (Å²) in [5.74, 6) is 1.22. The maximum Gasteiger partial charge on any atom is 0.222 e. The van der Waals surface area contributed by atoms with Gasteiger partial charge in [-0.25, -0.2) is 0 Å². The van der Waals surface area contributed by atoms with Crippen LogP contribution >= 0.6 is 23.4 Å². The predicted molar refractivity (Wildman–Crippen MR) is 83.0 cm³/mol. The normalized spacial score (nSPS) is 18.6. The molecular weight excluding hydrogens is 294 g/mol. The molecule has 108 valence electrons. The van der Waals surface area contributed by atoms with Crippen molar-refractivity contribution in [3.8, 4) is 0 Å². The van der Waals surface area contributed by atoms with E-state index in [-0.39, 0.29) is 11.0 Å². The Hall–Kier alpha value is -1.00. The average molecular weight is 312 g/mol. The van der Waals surface area contributed by atoms with Crippen LogP contribution < -0.4 is 0 Å².